The quantitative estimate of drug-likeness (QED) is 0.0539. The maximum absolute atomic E-state index is 13.7. The molecular formula is C48H58ClFN8O12. The van der Waals surface area contributed by atoms with Gasteiger partial charge < -0.3 is 48.7 Å². The molecule has 0 bridgehead atoms. The molecule has 2 saturated heterocycles. The van der Waals surface area contributed by atoms with Gasteiger partial charge in [-0.25, -0.2) is 14.4 Å². The number of halogens is 2. The number of piperidine rings is 1. The largest absolute Gasteiger partial charge is 0.493 e. The monoisotopic (exact) mass is 992 g/mol. The molecule has 0 saturated carbocycles. The molecule has 20 nitrogen and oxygen atoms in total. The summed E-state index contributed by atoms with van der Waals surface area (Å²) >= 11 is 5.97. The molecular weight excluding hydrogens is 935 g/mol. The molecule has 4 heterocycles. The van der Waals surface area contributed by atoms with Crippen LogP contribution in [0.4, 0.5) is 21.6 Å². The van der Waals surface area contributed by atoms with Gasteiger partial charge in [0, 0.05) is 68.5 Å². The van der Waals surface area contributed by atoms with E-state index in [9.17, 15) is 28.4 Å². The Morgan fingerprint density at radius 1 is 0.771 bits per heavy atom. The standard InChI is InChI=1S/C48H58ClFN8O12/c1-64-41-30-39-36(45(53-31-52-39)54-33-4-6-38(50)37(49)28-33)29-42(41)70-16-2-11-56-12-14-57(15-13-56)44(60)9-17-65-19-21-67-23-25-69-26-24-68-22-20-66-18-10-51-32-3-5-34-35(27-32)48(63)58(47(34)62)40-7-8-43(59)55-46(40)61/h3-6,27-31,40,51H,2,7-26H2,1H3,(H,52,53,54)(H,55,59,61). The lowest BCUT2D eigenvalue weighted by Gasteiger charge is -2.34. The number of benzene rings is 3. The molecule has 5 amide bonds. The highest BCUT2D eigenvalue weighted by Gasteiger charge is 2.44. The Balaban J connectivity index is 0.647. The summed E-state index contributed by atoms with van der Waals surface area (Å²) in [6, 6.07) is 11.8. The maximum atomic E-state index is 13.7. The van der Waals surface area contributed by atoms with Crippen molar-refractivity contribution in [3.63, 3.8) is 0 Å². The van der Waals surface area contributed by atoms with Gasteiger partial charge in [0.15, 0.2) is 11.5 Å². The predicted molar refractivity (Wildman–Crippen MR) is 254 cm³/mol. The third-order valence-corrected chi connectivity index (χ3v) is 12.0. The van der Waals surface area contributed by atoms with E-state index in [1.165, 1.54) is 18.5 Å². The number of amides is 5. The minimum Gasteiger partial charge on any atom is -0.493 e. The number of anilines is 3. The summed E-state index contributed by atoms with van der Waals surface area (Å²) < 4.78 is 53.3. The van der Waals surface area contributed by atoms with Crippen LogP contribution in [0.3, 0.4) is 0 Å². The van der Waals surface area contributed by atoms with Gasteiger partial charge in [0.05, 0.1) is 108 Å². The van der Waals surface area contributed by atoms with Crippen LogP contribution in [0, 0.1) is 5.82 Å². The van der Waals surface area contributed by atoms with Crippen LogP contribution in [0.1, 0.15) is 46.4 Å². The van der Waals surface area contributed by atoms with E-state index >= 15 is 0 Å². The second kappa shape index (κ2) is 26.2. The maximum Gasteiger partial charge on any atom is 0.262 e. The molecule has 7 rings (SSSR count). The zero-order valence-electron chi connectivity index (χ0n) is 39.0. The van der Waals surface area contributed by atoms with E-state index in [1.807, 2.05) is 11.0 Å². The van der Waals surface area contributed by atoms with E-state index in [-0.39, 0.29) is 34.9 Å². The van der Waals surface area contributed by atoms with Crippen molar-refractivity contribution in [2.24, 2.45) is 0 Å². The zero-order chi connectivity index (χ0) is 49.2. The molecule has 0 aliphatic carbocycles. The van der Waals surface area contributed by atoms with E-state index in [0.717, 1.165) is 31.0 Å². The molecule has 0 spiro atoms. The minimum atomic E-state index is -1.01. The molecule has 2 fully saturated rings. The molecule has 3 aliphatic heterocycles. The van der Waals surface area contributed by atoms with Crippen LogP contribution in [0.2, 0.25) is 5.02 Å². The average molecular weight is 993 g/mol. The fourth-order valence-corrected chi connectivity index (χ4v) is 8.17. The molecule has 70 heavy (non-hydrogen) atoms. The van der Waals surface area contributed by atoms with Crippen molar-refractivity contribution in [1.82, 2.24) is 30.0 Å². The van der Waals surface area contributed by atoms with Crippen LogP contribution in [-0.4, -0.2) is 179 Å². The van der Waals surface area contributed by atoms with Gasteiger partial charge in [-0.05, 0) is 55.3 Å². The molecule has 376 valence electrons. The van der Waals surface area contributed by atoms with E-state index in [1.54, 1.807) is 37.4 Å². The van der Waals surface area contributed by atoms with E-state index < -0.39 is 35.5 Å². The number of aromatic nitrogens is 2. The second-order valence-corrected chi connectivity index (χ2v) is 16.8. The normalized spacial score (nSPS) is 16.2. The SMILES string of the molecule is COc1cc2ncnc(Nc3ccc(F)c(Cl)c3)c2cc1OCCCN1CCN(C(=O)CCOCCOCCOCCOCCOCCNc2ccc3c(c2)C(=O)N(C2CCC(=O)NC2=O)C3=O)CC1. The van der Waals surface area contributed by atoms with E-state index in [4.69, 9.17) is 44.8 Å². The fourth-order valence-electron chi connectivity index (χ4n) is 7.99. The number of nitrogens with one attached hydrogen (secondary N) is 3. The van der Waals surface area contributed by atoms with Crippen LogP contribution in [0.15, 0.2) is 54.9 Å². The van der Waals surface area contributed by atoms with Crippen LogP contribution in [0.5, 0.6) is 11.5 Å². The van der Waals surface area contributed by atoms with Gasteiger partial charge in [-0.1, -0.05) is 11.6 Å². The summed E-state index contributed by atoms with van der Waals surface area (Å²) in [7, 11) is 1.57. The second-order valence-electron chi connectivity index (χ2n) is 16.4. The van der Waals surface area contributed by atoms with Crippen LogP contribution in [-0.2, 0) is 38.1 Å². The van der Waals surface area contributed by atoms with Crippen molar-refractivity contribution in [1.29, 1.82) is 0 Å². The number of piperazine rings is 1. The molecule has 1 atom stereocenters. The van der Waals surface area contributed by atoms with Gasteiger partial charge in [0.1, 0.15) is 24.0 Å². The number of rotatable bonds is 28. The number of methoxy groups -OCH3 is 1. The van der Waals surface area contributed by atoms with Gasteiger partial charge in [-0.15, -0.1) is 0 Å². The molecule has 4 aromatic rings. The highest BCUT2D eigenvalue weighted by molar-refractivity contribution is 6.31. The zero-order valence-corrected chi connectivity index (χ0v) is 39.8. The Hall–Kier alpha value is -6.07. The Morgan fingerprint density at radius 3 is 2.13 bits per heavy atom. The molecule has 22 heteroatoms. The smallest absolute Gasteiger partial charge is 0.262 e. The van der Waals surface area contributed by atoms with Crippen LogP contribution < -0.4 is 25.4 Å². The average Bonchev–Trinajstić information content (AvgIpc) is 3.60. The van der Waals surface area contributed by atoms with Crippen molar-refractivity contribution < 1.29 is 61.5 Å². The van der Waals surface area contributed by atoms with Crippen molar-refractivity contribution >= 4 is 69.2 Å². The first kappa shape index (κ1) is 51.8. The summed E-state index contributed by atoms with van der Waals surface area (Å²) in [6.07, 6.45) is 2.68. The number of ether oxygens (including phenoxy) is 7. The molecule has 3 N–H and O–H groups in total. The van der Waals surface area contributed by atoms with Crippen molar-refractivity contribution in [2.45, 2.75) is 31.7 Å². The van der Waals surface area contributed by atoms with E-state index in [2.05, 4.69) is 30.8 Å². The van der Waals surface area contributed by atoms with Gasteiger partial charge in [-0.2, -0.15) is 0 Å². The molecule has 3 aliphatic rings. The number of carbonyl (C=O) groups is 5. The summed E-state index contributed by atoms with van der Waals surface area (Å²) in [5.41, 5.74) is 2.29. The number of hydrogen-bond donors (Lipinski definition) is 3. The summed E-state index contributed by atoms with van der Waals surface area (Å²) in [5, 5.41) is 9.23. The first-order valence-electron chi connectivity index (χ1n) is 23.3. The predicted octanol–water partition coefficient (Wildman–Crippen LogP) is 4.07. The Kier molecular flexibility index (Phi) is 19.4. The molecule has 1 aromatic heterocycles. The highest BCUT2D eigenvalue weighted by atomic mass is 35.5. The van der Waals surface area contributed by atoms with Crippen LogP contribution >= 0.6 is 11.6 Å². The lowest BCUT2D eigenvalue weighted by atomic mass is 10.0. The van der Waals surface area contributed by atoms with Crippen molar-refractivity contribution in [3.05, 3.63) is 76.8 Å². The van der Waals surface area contributed by atoms with Crippen molar-refractivity contribution in [3.8, 4) is 11.5 Å². The number of hydrogen-bond acceptors (Lipinski definition) is 17. The van der Waals surface area contributed by atoms with Crippen LogP contribution in [0.25, 0.3) is 10.9 Å². The van der Waals surface area contributed by atoms with Crippen molar-refractivity contribution in [2.75, 3.05) is 130 Å². The lowest BCUT2D eigenvalue weighted by Crippen LogP contribution is -2.54. The Labute approximate surface area is 409 Å². The molecule has 3 aromatic carbocycles. The number of imide groups is 2. The van der Waals surface area contributed by atoms with Gasteiger partial charge in [0.2, 0.25) is 17.7 Å². The Bertz CT molecular complexity index is 2460. The summed E-state index contributed by atoms with van der Waals surface area (Å²) in [6.45, 7) is 8.44. The summed E-state index contributed by atoms with van der Waals surface area (Å²) in [4.78, 5) is 76.3. The number of carbonyl (C=O) groups excluding carboxylic acids is 5. The fraction of sp³-hybridized carbons (Fsp3) is 0.479. The van der Waals surface area contributed by atoms with Gasteiger partial charge in [-0.3, -0.25) is 39.1 Å². The third kappa shape index (κ3) is 14.3. The van der Waals surface area contributed by atoms with E-state index in [0.29, 0.717) is 138 Å². The molecule has 1 unspecified atom stereocenters. The topological polar surface area (TPSA) is 222 Å². The number of fused-ring (bicyclic) bond motifs is 2. The minimum absolute atomic E-state index is 0.000729. The summed E-state index contributed by atoms with van der Waals surface area (Å²) in [5.74, 6) is -1.00. The number of nitrogens with zero attached hydrogens (tertiary/aromatic N) is 5. The Morgan fingerprint density at radius 2 is 1.44 bits per heavy atom. The lowest BCUT2D eigenvalue weighted by molar-refractivity contribution is -0.136. The highest BCUT2D eigenvalue weighted by Crippen LogP contribution is 2.35. The molecule has 0 radical (unpaired) electrons. The first-order chi connectivity index (χ1) is 34.1. The van der Waals surface area contributed by atoms with Gasteiger partial charge in [0.25, 0.3) is 11.8 Å². The third-order valence-electron chi connectivity index (χ3n) is 11.7. The first-order valence-corrected chi connectivity index (χ1v) is 23.6. The van der Waals surface area contributed by atoms with Gasteiger partial charge >= 0.3 is 0 Å².